The van der Waals surface area contributed by atoms with E-state index in [0.717, 1.165) is 48.7 Å². The first-order valence-electron chi connectivity index (χ1n) is 12.6. The van der Waals surface area contributed by atoms with E-state index in [9.17, 15) is 4.79 Å². The molecule has 1 aliphatic heterocycles. The number of rotatable bonds is 7. The van der Waals surface area contributed by atoms with Gasteiger partial charge < -0.3 is 15.0 Å². The molecule has 3 aliphatic rings. The highest BCUT2D eigenvalue weighted by Crippen LogP contribution is 2.40. The molecule has 0 bridgehead atoms. The number of hydrogen-bond donors (Lipinski definition) is 2. The van der Waals surface area contributed by atoms with E-state index in [1.165, 1.54) is 57.7 Å². The van der Waals surface area contributed by atoms with Crippen LogP contribution in [0, 0.1) is 24.7 Å². The Morgan fingerprint density at radius 3 is 2.67 bits per heavy atom. The zero-order chi connectivity index (χ0) is 22.8. The van der Waals surface area contributed by atoms with Gasteiger partial charge in [0.2, 0.25) is 5.95 Å². The van der Waals surface area contributed by atoms with Crippen molar-refractivity contribution in [3.05, 3.63) is 23.5 Å². The molecule has 8 heteroatoms. The van der Waals surface area contributed by atoms with Crippen LogP contribution in [0.25, 0.3) is 0 Å². The van der Waals surface area contributed by atoms with Gasteiger partial charge in [-0.15, -0.1) is 0 Å². The molecule has 2 N–H and O–H groups in total. The Kier molecular flexibility index (Phi) is 6.51. The van der Waals surface area contributed by atoms with Crippen molar-refractivity contribution in [2.45, 2.75) is 70.6 Å². The van der Waals surface area contributed by atoms with Crippen LogP contribution in [0.1, 0.15) is 75.1 Å². The molecule has 8 nitrogen and oxygen atoms in total. The monoisotopic (exact) mass is 452 g/mol. The molecule has 3 heterocycles. The summed E-state index contributed by atoms with van der Waals surface area (Å²) in [7, 11) is 1.48. The SMILES string of the molecule is COC(=O)C[C@@H]1C[C@H](C2CCCCC2)CN(c2nc(C)cc(Nc3cc(C4CC4)[nH]n3)n2)C1. The fourth-order valence-electron chi connectivity index (χ4n) is 5.72. The number of esters is 1. The average Bonchev–Trinajstić information content (AvgIpc) is 3.58. The van der Waals surface area contributed by atoms with E-state index in [-0.39, 0.29) is 11.9 Å². The molecule has 33 heavy (non-hydrogen) atoms. The number of nitrogens with zero attached hydrogens (tertiary/aromatic N) is 4. The van der Waals surface area contributed by atoms with E-state index in [2.05, 4.69) is 26.5 Å². The lowest BCUT2D eigenvalue weighted by molar-refractivity contribution is -0.141. The number of piperidine rings is 1. The van der Waals surface area contributed by atoms with Gasteiger partial charge in [-0.25, -0.2) is 4.98 Å². The molecule has 2 saturated carbocycles. The Labute approximate surface area is 195 Å². The molecule has 178 valence electrons. The van der Waals surface area contributed by atoms with Crippen LogP contribution >= 0.6 is 0 Å². The summed E-state index contributed by atoms with van der Waals surface area (Å²) in [6.07, 6.45) is 10.6. The molecule has 2 aromatic rings. The van der Waals surface area contributed by atoms with Crippen molar-refractivity contribution in [2.24, 2.45) is 17.8 Å². The minimum absolute atomic E-state index is 0.123. The van der Waals surface area contributed by atoms with Crippen molar-refractivity contribution in [1.82, 2.24) is 20.2 Å². The first kappa shape index (κ1) is 22.2. The highest BCUT2D eigenvalue weighted by molar-refractivity contribution is 5.69. The van der Waals surface area contributed by atoms with Crippen LogP contribution in [-0.4, -0.2) is 46.3 Å². The van der Waals surface area contributed by atoms with Crippen LogP contribution in [-0.2, 0) is 9.53 Å². The zero-order valence-electron chi connectivity index (χ0n) is 19.8. The van der Waals surface area contributed by atoms with Gasteiger partial charge in [-0.1, -0.05) is 32.1 Å². The molecular weight excluding hydrogens is 416 g/mol. The van der Waals surface area contributed by atoms with Gasteiger partial charge in [-0.05, 0) is 43.9 Å². The second-order valence-corrected chi connectivity index (χ2v) is 10.2. The molecule has 2 aromatic heterocycles. The zero-order valence-corrected chi connectivity index (χ0v) is 19.8. The first-order valence-corrected chi connectivity index (χ1v) is 12.6. The Balaban J connectivity index is 1.35. The summed E-state index contributed by atoms with van der Waals surface area (Å²) in [4.78, 5) is 24.0. The fourth-order valence-corrected chi connectivity index (χ4v) is 5.72. The van der Waals surface area contributed by atoms with Gasteiger partial charge in [0.1, 0.15) is 5.82 Å². The lowest BCUT2D eigenvalue weighted by Crippen LogP contribution is -2.45. The maximum Gasteiger partial charge on any atom is 0.305 e. The highest BCUT2D eigenvalue weighted by atomic mass is 16.5. The topological polar surface area (TPSA) is 96.0 Å². The number of ether oxygens (including phenoxy) is 1. The Bertz CT molecular complexity index is 966. The molecule has 2 aliphatic carbocycles. The molecule has 1 saturated heterocycles. The van der Waals surface area contributed by atoms with Crippen molar-refractivity contribution in [1.29, 1.82) is 0 Å². The van der Waals surface area contributed by atoms with Gasteiger partial charge in [0.05, 0.1) is 13.5 Å². The molecule has 0 spiro atoms. The predicted octanol–water partition coefficient (Wildman–Crippen LogP) is 4.72. The maximum absolute atomic E-state index is 12.1. The third kappa shape index (κ3) is 5.47. The summed E-state index contributed by atoms with van der Waals surface area (Å²) < 4.78 is 4.99. The van der Waals surface area contributed by atoms with Gasteiger partial charge >= 0.3 is 5.97 Å². The number of aromatic amines is 1. The minimum Gasteiger partial charge on any atom is -0.469 e. The molecule has 0 unspecified atom stereocenters. The maximum atomic E-state index is 12.1. The van der Waals surface area contributed by atoms with E-state index in [1.807, 2.05) is 13.0 Å². The highest BCUT2D eigenvalue weighted by Gasteiger charge is 2.35. The van der Waals surface area contributed by atoms with Gasteiger partial charge in [-0.2, -0.15) is 10.1 Å². The molecule has 2 atom stereocenters. The number of hydrogen-bond acceptors (Lipinski definition) is 7. The van der Waals surface area contributed by atoms with Crippen LogP contribution in [0.4, 0.5) is 17.6 Å². The van der Waals surface area contributed by atoms with Crippen LogP contribution < -0.4 is 10.2 Å². The lowest BCUT2D eigenvalue weighted by atomic mass is 9.73. The molecule has 0 amide bonds. The van der Waals surface area contributed by atoms with Crippen molar-refractivity contribution in [2.75, 3.05) is 30.4 Å². The molecule has 0 radical (unpaired) electrons. The number of carbonyl (C=O) groups is 1. The summed E-state index contributed by atoms with van der Waals surface area (Å²) in [5.74, 6) is 4.38. The second-order valence-electron chi connectivity index (χ2n) is 10.2. The number of carbonyl (C=O) groups excluding carboxylic acids is 1. The predicted molar refractivity (Wildman–Crippen MR) is 128 cm³/mol. The first-order chi connectivity index (χ1) is 16.1. The van der Waals surface area contributed by atoms with E-state index in [4.69, 9.17) is 14.7 Å². The van der Waals surface area contributed by atoms with Crippen molar-refractivity contribution in [3.63, 3.8) is 0 Å². The molecule has 5 rings (SSSR count). The van der Waals surface area contributed by atoms with Gasteiger partial charge in [0.25, 0.3) is 0 Å². The quantitative estimate of drug-likeness (QED) is 0.587. The molecular formula is C25H36N6O2. The minimum atomic E-state index is -0.123. The lowest BCUT2D eigenvalue weighted by Gasteiger charge is -2.42. The molecule has 3 fully saturated rings. The van der Waals surface area contributed by atoms with E-state index >= 15 is 0 Å². The number of H-pyrrole nitrogens is 1. The van der Waals surface area contributed by atoms with E-state index in [0.29, 0.717) is 18.3 Å². The average molecular weight is 453 g/mol. The van der Waals surface area contributed by atoms with Crippen LogP contribution in [0.3, 0.4) is 0 Å². The summed E-state index contributed by atoms with van der Waals surface area (Å²) >= 11 is 0. The van der Waals surface area contributed by atoms with E-state index in [1.54, 1.807) is 0 Å². The third-order valence-electron chi connectivity index (χ3n) is 7.57. The Hall–Kier alpha value is -2.64. The molecule has 0 aromatic carbocycles. The fraction of sp³-hybridized carbons (Fsp3) is 0.680. The summed E-state index contributed by atoms with van der Waals surface area (Å²) in [5.41, 5.74) is 2.12. The summed E-state index contributed by atoms with van der Waals surface area (Å²) in [6.45, 7) is 3.75. The van der Waals surface area contributed by atoms with Crippen molar-refractivity contribution in [3.8, 4) is 0 Å². The van der Waals surface area contributed by atoms with Gasteiger partial charge in [0.15, 0.2) is 5.82 Å². The largest absolute Gasteiger partial charge is 0.469 e. The van der Waals surface area contributed by atoms with Crippen LogP contribution in [0.2, 0.25) is 0 Å². The standard InChI is InChI=1S/C25H36N6O2/c1-16-10-22(27-23-13-21(29-30-23)19-8-9-19)28-25(26-16)31-14-17(12-24(32)33-2)11-20(15-31)18-6-4-3-5-7-18/h10,13,17-20H,3-9,11-12,14-15H2,1-2H3,(H2,26,27,28,29,30)/t17-,20-/m0/s1. The summed E-state index contributed by atoms with van der Waals surface area (Å²) in [6, 6.07) is 4.05. The van der Waals surface area contributed by atoms with Crippen LogP contribution in [0.15, 0.2) is 12.1 Å². The number of aryl methyl sites for hydroxylation is 1. The second kappa shape index (κ2) is 9.69. The van der Waals surface area contributed by atoms with Crippen molar-refractivity contribution >= 4 is 23.6 Å². The van der Waals surface area contributed by atoms with E-state index < -0.39 is 0 Å². The number of methoxy groups -OCH3 is 1. The smallest absolute Gasteiger partial charge is 0.305 e. The number of nitrogens with one attached hydrogen (secondary N) is 2. The third-order valence-corrected chi connectivity index (χ3v) is 7.57. The van der Waals surface area contributed by atoms with Crippen molar-refractivity contribution < 1.29 is 9.53 Å². The van der Waals surface area contributed by atoms with Crippen LogP contribution in [0.5, 0.6) is 0 Å². The summed E-state index contributed by atoms with van der Waals surface area (Å²) in [5, 5.41) is 10.9. The number of aromatic nitrogens is 4. The Morgan fingerprint density at radius 1 is 1.09 bits per heavy atom. The normalized spacial score (nSPS) is 24.0. The van der Waals surface area contributed by atoms with Gasteiger partial charge in [0, 0.05) is 42.5 Å². The number of anilines is 3. The Morgan fingerprint density at radius 2 is 1.91 bits per heavy atom. The van der Waals surface area contributed by atoms with Gasteiger partial charge in [-0.3, -0.25) is 9.89 Å².